The van der Waals surface area contributed by atoms with E-state index in [2.05, 4.69) is 24.4 Å². The van der Waals surface area contributed by atoms with Crippen LogP contribution >= 0.6 is 0 Å². The van der Waals surface area contributed by atoms with E-state index in [0.717, 1.165) is 23.3 Å². The maximum absolute atomic E-state index is 12.8. The highest BCUT2D eigenvalue weighted by Gasteiger charge is 2.11. The molecule has 0 heterocycles. The topological polar surface area (TPSA) is 38.3 Å². The van der Waals surface area contributed by atoms with Gasteiger partial charge in [-0.2, -0.15) is 0 Å². The van der Waals surface area contributed by atoms with Gasteiger partial charge in [0, 0.05) is 5.57 Å². The van der Waals surface area contributed by atoms with Crippen molar-refractivity contribution in [1.82, 2.24) is 5.32 Å². The summed E-state index contributed by atoms with van der Waals surface area (Å²) in [5.41, 5.74) is 3.79. The van der Waals surface area contributed by atoms with Gasteiger partial charge in [0.15, 0.2) is 0 Å². The van der Waals surface area contributed by atoms with Gasteiger partial charge in [-0.1, -0.05) is 79.7 Å². The van der Waals surface area contributed by atoms with Gasteiger partial charge in [0.25, 0.3) is 5.91 Å². The quantitative estimate of drug-likeness (QED) is 0.344. The Hall–Kier alpha value is -3.33. The van der Waals surface area contributed by atoms with Gasteiger partial charge in [-0.25, -0.2) is 0 Å². The van der Waals surface area contributed by atoms with E-state index in [-0.39, 0.29) is 5.91 Å². The molecule has 0 atom stereocenters. The molecule has 0 unspecified atom stereocenters. The highest BCUT2D eigenvalue weighted by Crippen LogP contribution is 2.18. The van der Waals surface area contributed by atoms with Crippen LogP contribution < -0.4 is 10.1 Å². The second-order valence-corrected chi connectivity index (χ2v) is 6.44. The Bertz CT molecular complexity index is 900. The molecule has 142 valence electrons. The molecule has 0 fully saturated rings. The van der Waals surface area contributed by atoms with Crippen molar-refractivity contribution in [1.29, 1.82) is 0 Å². The van der Waals surface area contributed by atoms with Gasteiger partial charge in [0.2, 0.25) is 0 Å². The highest BCUT2D eigenvalue weighted by atomic mass is 16.5. The molecule has 3 rings (SSSR count). The van der Waals surface area contributed by atoms with Crippen molar-refractivity contribution in [2.45, 2.75) is 13.3 Å². The highest BCUT2D eigenvalue weighted by molar-refractivity contribution is 6.24. The van der Waals surface area contributed by atoms with Crippen molar-refractivity contribution in [3.8, 4) is 5.75 Å². The first kappa shape index (κ1) is 19.4. The molecule has 1 N–H and O–H groups in total. The summed E-state index contributed by atoms with van der Waals surface area (Å²) in [5.74, 6) is 0.703. The lowest BCUT2D eigenvalue weighted by Crippen LogP contribution is -2.28. The maximum atomic E-state index is 12.8. The predicted molar refractivity (Wildman–Crippen MR) is 115 cm³/mol. The minimum absolute atomic E-state index is 0.111. The first-order valence-corrected chi connectivity index (χ1v) is 9.58. The van der Waals surface area contributed by atoms with Crippen LogP contribution in [-0.4, -0.2) is 19.1 Å². The van der Waals surface area contributed by atoms with Crippen molar-refractivity contribution in [3.05, 3.63) is 102 Å². The van der Waals surface area contributed by atoms with Crippen LogP contribution in [0.1, 0.15) is 23.6 Å². The van der Waals surface area contributed by atoms with E-state index in [0.29, 0.717) is 18.7 Å². The molecule has 0 spiro atoms. The summed E-state index contributed by atoms with van der Waals surface area (Å²) in [5, 5.41) is 2.96. The zero-order valence-corrected chi connectivity index (χ0v) is 16.1. The third-order valence-corrected chi connectivity index (χ3v) is 4.43. The Morgan fingerprint density at radius 3 is 2.18 bits per heavy atom. The summed E-state index contributed by atoms with van der Waals surface area (Å²) < 4.78 is 5.73. The number of benzene rings is 3. The largest absolute Gasteiger partial charge is 0.492 e. The zero-order chi connectivity index (χ0) is 19.6. The molecular weight excluding hydrogens is 346 g/mol. The van der Waals surface area contributed by atoms with Crippen LogP contribution in [0.2, 0.25) is 0 Å². The fraction of sp³-hybridized carbons (Fsp3) is 0.160. The normalized spacial score (nSPS) is 11.1. The number of hydrogen-bond acceptors (Lipinski definition) is 2. The molecule has 28 heavy (non-hydrogen) atoms. The van der Waals surface area contributed by atoms with Crippen LogP contribution in [0.15, 0.2) is 84.9 Å². The maximum Gasteiger partial charge on any atom is 0.252 e. The average Bonchev–Trinajstić information content (AvgIpc) is 2.76. The van der Waals surface area contributed by atoms with Crippen molar-refractivity contribution in [3.63, 3.8) is 0 Å². The molecule has 3 heteroatoms. The lowest BCUT2D eigenvalue weighted by molar-refractivity contribution is -0.115. The fourth-order valence-electron chi connectivity index (χ4n) is 2.86. The SMILES string of the molecule is CCc1ccc(OCCNC(=O)/C(=C/c2ccccc2)c2ccccc2)cc1. The molecule has 0 saturated carbocycles. The van der Waals surface area contributed by atoms with Gasteiger partial charge in [-0.3, -0.25) is 4.79 Å². The average molecular weight is 371 g/mol. The van der Waals surface area contributed by atoms with Gasteiger partial charge in [0.05, 0.1) is 6.54 Å². The molecule has 3 nitrogen and oxygen atoms in total. The van der Waals surface area contributed by atoms with Crippen molar-refractivity contribution in [2.75, 3.05) is 13.2 Å². The number of amides is 1. The van der Waals surface area contributed by atoms with Crippen LogP contribution in [0.4, 0.5) is 0 Å². The van der Waals surface area contributed by atoms with Gasteiger partial charge < -0.3 is 10.1 Å². The standard InChI is InChI=1S/C25H25NO2/c1-2-20-13-15-23(16-14-20)28-18-17-26-25(27)24(22-11-7-4-8-12-22)19-21-9-5-3-6-10-21/h3-16,19H,2,17-18H2,1H3,(H,26,27)/b24-19+. The number of aryl methyl sites for hydroxylation is 1. The Labute approximate surface area is 166 Å². The molecule has 0 aliphatic heterocycles. The monoisotopic (exact) mass is 371 g/mol. The number of ether oxygens (including phenoxy) is 1. The van der Waals surface area contributed by atoms with Crippen LogP contribution in [0, 0.1) is 0 Å². The second-order valence-electron chi connectivity index (χ2n) is 6.44. The Morgan fingerprint density at radius 1 is 0.893 bits per heavy atom. The van der Waals surface area contributed by atoms with Crippen molar-refractivity contribution < 1.29 is 9.53 Å². The summed E-state index contributed by atoms with van der Waals surface area (Å²) in [4.78, 5) is 12.8. The molecular formula is C25H25NO2. The number of rotatable bonds is 8. The first-order valence-electron chi connectivity index (χ1n) is 9.58. The zero-order valence-electron chi connectivity index (χ0n) is 16.1. The van der Waals surface area contributed by atoms with Crippen LogP contribution in [0.25, 0.3) is 11.6 Å². The smallest absolute Gasteiger partial charge is 0.252 e. The van der Waals surface area contributed by atoms with E-state index in [1.54, 1.807) is 0 Å². The van der Waals surface area contributed by atoms with E-state index < -0.39 is 0 Å². The number of hydrogen-bond donors (Lipinski definition) is 1. The van der Waals surface area contributed by atoms with Crippen LogP contribution in [-0.2, 0) is 11.2 Å². The lowest BCUT2D eigenvalue weighted by Gasteiger charge is -2.11. The van der Waals surface area contributed by atoms with E-state index >= 15 is 0 Å². The minimum Gasteiger partial charge on any atom is -0.492 e. The summed E-state index contributed by atoms with van der Waals surface area (Å²) in [6.45, 7) is 2.98. The predicted octanol–water partition coefficient (Wildman–Crippen LogP) is 4.98. The third kappa shape index (κ3) is 5.58. The molecule has 0 radical (unpaired) electrons. The Morgan fingerprint density at radius 2 is 1.54 bits per heavy atom. The molecule has 3 aromatic rings. The molecule has 0 aliphatic carbocycles. The molecule has 1 amide bonds. The summed E-state index contributed by atoms with van der Waals surface area (Å²) >= 11 is 0. The second kappa shape index (κ2) is 10.1. The molecule has 0 aromatic heterocycles. The summed E-state index contributed by atoms with van der Waals surface area (Å²) in [7, 11) is 0. The number of carbonyl (C=O) groups is 1. The third-order valence-electron chi connectivity index (χ3n) is 4.43. The van der Waals surface area contributed by atoms with E-state index in [4.69, 9.17) is 4.74 Å². The molecule has 0 saturated heterocycles. The summed E-state index contributed by atoms with van der Waals surface area (Å²) in [6.07, 6.45) is 2.92. The molecule has 0 aliphatic rings. The van der Waals surface area contributed by atoms with Crippen LogP contribution in [0.5, 0.6) is 5.75 Å². The van der Waals surface area contributed by atoms with Gasteiger partial charge in [-0.05, 0) is 41.3 Å². The summed E-state index contributed by atoms with van der Waals surface area (Å²) in [6, 6.07) is 27.6. The Kier molecular flexibility index (Phi) is 7.02. The fourth-order valence-corrected chi connectivity index (χ4v) is 2.86. The van der Waals surface area contributed by atoms with Crippen molar-refractivity contribution in [2.24, 2.45) is 0 Å². The van der Waals surface area contributed by atoms with Crippen LogP contribution in [0.3, 0.4) is 0 Å². The lowest BCUT2D eigenvalue weighted by atomic mass is 10.0. The number of carbonyl (C=O) groups excluding carboxylic acids is 1. The number of nitrogens with one attached hydrogen (secondary N) is 1. The van der Waals surface area contributed by atoms with E-state index in [9.17, 15) is 4.79 Å². The minimum atomic E-state index is -0.111. The van der Waals surface area contributed by atoms with E-state index in [1.165, 1.54) is 5.56 Å². The Balaban J connectivity index is 1.62. The van der Waals surface area contributed by atoms with Crippen molar-refractivity contribution >= 4 is 17.6 Å². The molecule has 3 aromatic carbocycles. The molecule has 0 bridgehead atoms. The van der Waals surface area contributed by atoms with Gasteiger partial charge in [0.1, 0.15) is 12.4 Å². The first-order chi connectivity index (χ1) is 13.8. The van der Waals surface area contributed by atoms with E-state index in [1.807, 2.05) is 78.9 Å². The van der Waals surface area contributed by atoms with Gasteiger partial charge in [-0.15, -0.1) is 0 Å². The van der Waals surface area contributed by atoms with Gasteiger partial charge >= 0.3 is 0 Å².